The van der Waals surface area contributed by atoms with Crippen molar-refractivity contribution in [2.75, 3.05) is 26.3 Å². The number of amides is 1. The molecule has 1 aromatic heterocycles. The second-order valence-corrected chi connectivity index (χ2v) is 8.64. The maximum absolute atomic E-state index is 11.5. The highest BCUT2D eigenvalue weighted by Crippen LogP contribution is 2.24. The van der Waals surface area contributed by atoms with Crippen molar-refractivity contribution in [2.45, 2.75) is 12.6 Å². The number of nitrogens with zero attached hydrogens (tertiary/aromatic N) is 2. The number of para-hydroxylation sites is 2. The van der Waals surface area contributed by atoms with Crippen molar-refractivity contribution < 1.29 is 24.5 Å². The fourth-order valence-corrected chi connectivity index (χ4v) is 4.00. The first kappa shape index (κ1) is 25.8. The molecule has 0 fully saturated rings. The number of ether oxygens (including phenoxy) is 2. The standard InChI is InChI=1S/C29H31N3O5/c30-29(35)25-18-24(12-13-27(25)34)36-17-16-31(19-22-8-2-1-3-9-22)20-23(33)21-37-28-11-5-4-10-26(28)32-14-6-7-15-32/h1-15,18,23,33-34H,16-17,19-21H2,(H2,30,35). The summed E-state index contributed by atoms with van der Waals surface area (Å²) in [6.45, 7) is 1.93. The van der Waals surface area contributed by atoms with Crippen LogP contribution in [0.5, 0.6) is 17.2 Å². The monoisotopic (exact) mass is 501 g/mol. The molecular weight excluding hydrogens is 470 g/mol. The molecule has 1 unspecified atom stereocenters. The van der Waals surface area contributed by atoms with Gasteiger partial charge in [0.2, 0.25) is 0 Å². The van der Waals surface area contributed by atoms with Crippen LogP contribution < -0.4 is 15.2 Å². The third kappa shape index (κ3) is 7.36. The molecule has 1 heterocycles. The van der Waals surface area contributed by atoms with Gasteiger partial charge in [0.25, 0.3) is 5.91 Å². The fraction of sp³-hybridized carbons (Fsp3) is 0.207. The fourth-order valence-electron chi connectivity index (χ4n) is 4.00. The molecule has 8 nitrogen and oxygen atoms in total. The van der Waals surface area contributed by atoms with Gasteiger partial charge in [-0.1, -0.05) is 42.5 Å². The summed E-state index contributed by atoms with van der Waals surface area (Å²) in [5.74, 6) is 0.201. The van der Waals surface area contributed by atoms with Gasteiger partial charge < -0.3 is 30.0 Å². The van der Waals surface area contributed by atoms with E-state index in [9.17, 15) is 15.0 Å². The lowest BCUT2D eigenvalue weighted by Crippen LogP contribution is -2.37. The largest absolute Gasteiger partial charge is 0.507 e. The molecule has 0 saturated carbocycles. The Morgan fingerprint density at radius 1 is 0.946 bits per heavy atom. The summed E-state index contributed by atoms with van der Waals surface area (Å²) in [7, 11) is 0. The van der Waals surface area contributed by atoms with Gasteiger partial charge in [0, 0.05) is 32.0 Å². The van der Waals surface area contributed by atoms with Gasteiger partial charge in [-0.15, -0.1) is 0 Å². The summed E-state index contributed by atoms with van der Waals surface area (Å²) in [4.78, 5) is 13.6. The first-order chi connectivity index (χ1) is 18.0. The highest BCUT2D eigenvalue weighted by molar-refractivity contribution is 5.95. The van der Waals surface area contributed by atoms with Gasteiger partial charge in [-0.3, -0.25) is 9.69 Å². The number of aliphatic hydroxyl groups excluding tert-OH is 1. The van der Waals surface area contributed by atoms with Crippen molar-refractivity contribution >= 4 is 5.91 Å². The predicted molar refractivity (Wildman–Crippen MR) is 141 cm³/mol. The molecule has 8 heteroatoms. The van der Waals surface area contributed by atoms with Crippen molar-refractivity contribution in [1.29, 1.82) is 0 Å². The summed E-state index contributed by atoms with van der Waals surface area (Å²) in [5.41, 5.74) is 7.32. The Morgan fingerprint density at radius 2 is 1.68 bits per heavy atom. The molecule has 37 heavy (non-hydrogen) atoms. The minimum atomic E-state index is -0.739. The molecule has 0 aliphatic carbocycles. The zero-order chi connectivity index (χ0) is 26.0. The molecule has 4 rings (SSSR count). The van der Waals surface area contributed by atoms with E-state index < -0.39 is 12.0 Å². The zero-order valence-electron chi connectivity index (χ0n) is 20.4. The first-order valence-corrected chi connectivity index (χ1v) is 12.0. The molecule has 1 amide bonds. The number of nitrogens with two attached hydrogens (primary N) is 1. The molecule has 4 N–H and O–H groups in total. The van der Waals surface area contributed by atoms with E-state index in [1.54, 1.807) is 6.07 Å². The van der Waals surface area contributed by atoms with Crippen LogP contribution in [0.15, 0.2) is 97.3 Å². The van der Waals surface area contributed by atoms with Crippen molar-refractivity contribution in [1.82, 2.24) is 9.47 Å². The van der Waals surface area contributed by atoms with Gasteiger partial charge in [0.05, 0.1) is 11.3 Å². The third-order valence-corrected chi connectivity index (χ3v) is 5.81. The lowest BCUT2D eigenvalue weighted by Gasteiger charge is -2.25. The Morgan fingerprint density at radius 3 is 2.43 bits per heavy atom. The summed E-state index contributed by atoms with van der Waals surface area (Å²) >= 11 is 0. The minimum Gasteiger partial charge on any atom is -0.507 e. The number of benzene rings is 3. The molecule has 0 saturated heterocycles. The maximum atomic E-state index is 11.5. The van der Waals surface area contributed by atoms with E-state index in [0.717, 1.165) is 11.3 Å². The Kier molecular flexibility index (Phi) is 8.80. The van der Waals surface area contributed by atoms with E-state index in [1.165, 1.54) is 12.1 Å². The van der Waals surface area contributed by atoms with Gasteiger partial charge in [0.15, 0.2) is 0 Å². The first-order valence-electron chi connectivity index (χ1n) is 12.0. The van der Waals surface area contributed by atoms with Crippen molar-refractivity contribution in [2.24, 2.45) is 5.73 Å². The highest BCUT2D eigenvalue weighted by Gasteiger charge is 2.15. The summed E-state index contributed by atoms with van der Waals surface area (Å²) in [6, 6.07) is 25.9. The number of hydrogen-bond acceptors (Lipinski definition) is 6. The Balaban J connectivity index is 1.37. The van der Waals surface area contributed by atoms with Gasteiger partial charge >= 0.3 is 0 Å². The number of phenols is 1. The smallest absolute Gasteiger partial charge is 0.252 e. The maximum Gasteiger partial charge on any atom is 0.252 e. The molecular formula is C29H31N3O5. The molecule has 1 atom stereocenters. The predicted octanol–water partition coefficient (Wildman–Crippen LogP) is 3.60. The van der Waals surface area contributed by atoms with E-state index in [-0.39, 0.29) is 17.9 Å². The number of hydrogen-bond donors (Lipinski definition) is 3. The molecule has 0 radical (unpaired) electrons. The second kappa shape index (κ2) is 12.6. The third-order valence-electron chi connectivity index (χ3n) is 5.81. The van der Waals surface area contributed by atoms with Crippen LogP contribution >= 0.6 is 0 Å². The molecule has 4 aromatic rings. The van der Waals surface area contributed by atoms with Crippen molar-refractivity contribution in [3.63, 3.8) is 0 Å². The van der Waals surface area contributed by atoms with Crippen LogP contribution in [0, 0.1) is 0 Å². The Labute approximate surface area is 216 Å². The van der Waals surface area contributed by atoms with Crippen LogP contribution in [0.3, 0.4) is 0 Å². The lowest BCUT2D eigenvalue weighted by molar-refractivity contribution is 0.0604. The molecule has 0 spiro atoms. The summed E-state index contributed by atoms with van der Waals surface area (Å²) in [5, 5.41) is 20.6. The number of rotatable bonds is 13. The highest BCUT2D eigenvalue weighted by atomic mass is 16.5. The quantitative estimate of drug-likeness (QED) is 0.258. The van der Waals surface area contributed by atoms with E-state index >= 15 is 0 Å². The number of carbonyl (C=O) groups is 1. The van der Waals surface area contributed by atoms with E-state index in [4.69, 9.17) is 15.2 Å². The number of primary amides is 1. The SMILES string of the molecule is NC(=O)c1cc(OCCN(Cc2ccccc2)CC(O)COc2ccccc2-n2cccc2)ccc1O. The van der Waals surface area contributed by atoms with Crippen LogP contribution in [0.25, 0.3) is 5.69 Å². The van der Waals surface area contributed by atoms with E-state index in [0.29, 0.717) is 37.7 Å². The zero-order valence-corrected chi connectivity index (χ0v) is 20.4. The Hall–Kier alpha value is -4.27. The summed E-state index contributed by atoms with van der Waals surface area (Å²) in [6.07, 6.45) is 3.15. The number of carbonyl (C=O) groups excluding carboxylic acids is 1. The van der Waals surface area contributed by atoms with Gasteiger partial charge in [0.1, 0.15) is 36.6 Å². The molecule has 0 aliphatic heterocycles. The van der Waals surface area contributed by atoms with Crippen molar-refractivity contribution in [3.05, 3.63) is 108 Å². The number of aromatic hydroxyl groups is 1. The number of aliphatic hydroxyl groups is 1. The van der Waals surface area contributed by atoms with Crippen LogP contribution in [0.4, 0.5) is 0 Å². The molecule has 0 aliphatic rings. The summed E-state index contributed by atoms with van der Waals surface area (Å²) < 4.78 is 13.8. The van der Waals surface area contributed by atoms with Crippen LogP contribution in [-0.2, 0) is 6.54 Å². The van der Waals surface area contributed by atoms with Crippen molar-refractivity contribution in [3.8, 4) is 22.9 Å². The van der Waals surface area contributed by atoms with E-state index in [2.05, 4.69) is 4.90 Å². The second-order valence-electron chi connectivity index (χ2n) is 8.64. The van der Waals surface area contributed by atoms with Gasteiger partial charge in [-0.2, -0.15) is 0 Å². The van der Waals surface area contributed by atoms with Gasteiger partial charge in [-0.05, 0) is 48.0 Å². The van der Waals surface area contributed by atoms with Crippen LogP contribution in [0.1, 0.15) is 15.9 Å². The average Bonchev–Trinajstić information content (AvgIpc) is 3.44. The normalized spacial score (nSPS) is 11.8. The topological polar surface area (TPSA) is 110 Å². The van der Waals surface area contributed by atoms with Crippen LogP contribution in [0.2, 0.25) is 0 Å². The Bertz CT molecular complexity index is 1280. The van der Waals surface area contributed by atoms with Crippen LogP contribution in [-0.4, -0.2) is 58.0 Å². The lowest BCUT2D eigenvalue weighted by atomic mass is 10.2. The molecule has 3 aromatic carbocycles. The molecule has 0 bridgehead atoms. The minimum absolute atomic E-state index is 0.00593. The number of aromatic nitrogens is 1. The van der Waals surface area contributed by atoms with Gasteiger partial charge in [-0.25, -0.2) is 0 Å². The van der Waals surface area contributed by atoms with E-state index in [1.807, 2.05) is 83.7 Å². The average molecular weight is 502 g/mol. The molecule has 192 valence electrons.